The molecule has 252 valence electrons. The number of rotatable bonds is 18. The van der Waals surface area contributed by atoms with Crippen LogP contribution in [0.2, 0.25) is 0 Å². The van der Waals surface area contributed by atoms with E-state index in [2.05, 4.69) is 26.6 Å². The fraction of sp³-hybridized carbons (Fsp3) is 0.469. The van der Waals surface area contributed by atoms with Crippen molar-refractivity contribution in [3.8, 4) is 0 Å². The Hall–Kier alpha value is -4.53. The van der Waals surface area contributed by atoms with Crippen LogP contribution in [0.15, 0.2) is 48.5 Å². The number of nitrogens with one attached hydrogen (secondary N) is 5. The quantitative estimate of drug-likeness (QED) is 0.0526. The van der Waals surface area contributed by atoms with Crippen LogP contribution in [0.4, 0.5) is 14.9 Å². The van der Waals surface area contributed by atoms with Gasteiger partial charge in [0, 0.05) is 42.0 Å². The lowest BCUT2D eigenvalue weighted by molar-refractivity contribution is -0.387. The van der Waals surface area contributed by atoms with Crippen LogP contribution in [0.3, 0.4) is 0 Å². The van der Waals surface area contributed by atoms with Gasteiger partial charge in [0.25, 0.3) is 5.91 Å². The van der Waals surface area contributed by atoms with Gasteiger partial charge in [-0.3, -0.25) is 24.5 Å². The van der Waals surface area contributed by atoms with Crippen LogP contribution in [-0.4, -0.2) is 76.7 Å². The van der Waals surface area contributed by atoms with E-state index in [1.807, 2.05) is 11.8 Å². The van der Waals surface area contributed by atoms with Gasteiger partial charge in [-0.25, -0.2) is 4.79 Å². The molecule has 5 atom stereocenters. The van der Waals surface area contributed by atoms with Crippen molar-refractivity contribution in [3.63, 3.8) is 0 Å². The van der Waals surface area contributed by atoms with Gasteiger partial charge in [-0.1, -0.05) is 36.8 Å². The SMILES string of the molecule is O=C[C@H](CCCCNC(=O)CCCC[C@@H]1SC[C@@H]2NC(=O)N[C@@H]21)NC(=O)[C@H](Cc1ccccc1)NC(=O)c1ccc(F)c([N+](=O)[O-])c1. The molecule has 2 aromatic carbocycles. The predicted octanol–water partition coefficient (Wildman–Crippen LogP) is 2.77. The molecular weight excluding hydrogens is 631 g/mol. The number of hydrogen-bond donors (Lipinski definition) is 5. The van der Waals surface area contributed by atoms with Crippen LogP contribution in [0.25, 0.3) is 0 Å². The van der Waals surface area contributed by atoms with Crippen LogP contribution < -0.4 is 26.6 Å². The van der Waals surface area contributed by atoms with Crippen molar-refractivity contribution in [2.45, 2.75) is 80.8 Å². The summed E-state index contributed by atoms with van der Waals surface area (Å²) in [6.07, 6.45) is 5.11. The van der Waals surface area contributed by atoms with Crippen LogP contribution in [0.1, 0.15) is 60.9 Å². The monoisotopic (exact) mass is 670 g/mol. The Bertz CT molecular complexity index is 1450. The van der Waals surface area contributed by atoms with Crippen molar-refractivity contribution in [2.75, 3.05) is 12.3 Å². The number of carbonyl (C=O) groups excluding carboxylic acids is 5. The number of fused-ring (bicyclic) bond motifs is 1. The van der Waals surface area contributed by atoms with Crippen molar-refractivity contribution in [1.29, 1.82) is 0 Å². The van der Waals surface area contributed by atoms with Crippen molar-refractivity contribution < 1.29 is 33.3 Å². The minimum Gasteiger partial charge on any atom is -0.356 e. The van der Waals surface area contributed by atoms with Gasteiger partial charge >= 0.3 is 11.7 Å². The highest BCUT2D eigenvalue weighted by Crippen LogP contribution is 2.33. The number of urea groups is 1. The molecular formula is C32H39FN6O7S. The van der Waals surface area contributed by atoms with Crippen molar-refractivity contribution in [2.24, 2.45) is 0 Å². The molecule has 0 radical (unpaired) electrons. The van der Waals surface area contributed by atoms with Gasteiger partial charge in [-0.15, -0.1) is 0 Å². The van der Waals surface area contributed by atoms with Gasteiger partial charge in [-0.05, 0) is 49.8 Å². The molecule has 5 amide bonds. The number of aldehydes is 1. The number of benzene rings is 2. The fourth-order valence-corrected chi connectivity index (χ4v) is 7.18. The number of carbonyl (C=O) groups is 5. The van der Waals surface area contributed by atoms with Crippen molar-refractivity contribution in [1.82, 2.24) is 26.6 Å². The lowest BCUT2D eigenvalue weighted by Gasteiger charge is -2.21. The summed E-state index contributed by atoms with van der Waals surface area (Å²) in [5.41, 5.74) is -0.336. The second-order valence-electron chi connectivity index (χ2n) is 11.6. The summed E-state index contributed by atoms with van der Waals surface area (Å²) < 4.78 is 13.8. The fourth-order valence-electron chi connectivity index (χ4n) is 5.63. The highest BCUT2D eigenvalue weighted by Gasteiger charge is 2.42. The summed E-state index contributed by atoms with van der Waals surface area (Å²) in [6.45, 7) is 0.425. The smallest absolute Gasteiger partial charge is 0.315 e. The van der Waals surface area contributed by atoms with E-state index < -0.39 is 40.3 Å². The zero-order valence-corrected chi connectivity index (χ0v) is 26.6. The van der Waals surface area contributed by atoms with Gasteiger partial charge in [-0.2, -0.15) is 16.2 Å². The molecule has 0 aromatic heterocycles. The largest absolute Gasteiger partial charge is 0.356 e. The van der Waals surface area contributed by atoms with E-state index in [-0.39, 0.29) is 36.0 Å². The van der Waals surface area contributed by atoms with E-state index in [0.29, 0.717) is 43.8 Å². The maximum absolute atomic E-state index is 13.8. The molecule has 0 saturated carbocycles. The van der Waals surface area contributed by atoms with Gasteiger partial charge in [0.1, 0.15) is 12.3 Å². The maximum Gasteiger partial charge on any atom is 0.315 e. The zero-order chi connectivity index (χ0) is 33.8. The van der Waals surface area contributed by atoms with E-state index >= 15 is 0 Å². The molecule has 0 bridgehead atoms. The Kier molecular flexibility index (Phi) is 13.1. The Morgan fingerprint density at radius 3 is 2.60 bits per heavy atom. The highest BCUT2D eigenvalue weighted by molar-refractivity contribution is 8.00. The topological polar surface area (TPSA) is 189 Å². The van der Waals surface area contributed by atoms with Gasteiger partial charge < -0.3 is 31.4 Å². The Balaban J connectivity index is 1.18. The van der Waals surface area contributed by atoms with Crippen LogP contribution in [-0.2, 0) is 20.8 Å². The minimum atomic E-state index is -1.13. The second-order valence-corrected chi connectivity index (χ2v) is 12.9. The number of nitro benzene ring substituents is 1. The molecule has 2 aromatic rings. The maximum atomic E-state index is 13.8. The molecule has 2 heterocycles. The van der Waals surface area contributed by atoms with Gasteiger partial charge in [0.15, 0.2) is 0 Å². The van der Waals surface area contributed by atoms with Gasteiger partial charge in [0.05, 0.1) is 23.0 Å². The number of hydrogen-bond acceptors (Lipinski definition) is 8. The molecule has 4 rings (SSSR count). The Morgan fingerprint density at radius 1 is 1.06 bits per heavy atom. The van der Waals surface area contributed by atoms with E-state index in [1.165, 1.54) is 0 Å². The third kappa shape index (κ3) is 10.5. The van der Waals surface area contributed by atoms with Crippen molar-refractivity contribution in [3.05, 3.63) is 75.6 Å². The molecule has 0 spiro atoms. The standard InChI is InChI=1S/C32H39FN6O7S/c33-23-14-13-21(17-26(23)39(45)46)30(42)36-24(16-20-8-2-1-3-9-20)31(43)35-22(18-40)10-6-7-15-34-28(41)12-5-4-11-27-29-25(19-47-27)37-32(44)38-29/h1-3,8-9,13-14,17-18,22,24-25,27,29H,4-7,10-12,15-16,19H2,(H,34,41)(H,35,43)(H,36,42)(H2,37,38,44)/t22-,24-,25-,27-,29-/m0/s1. The molecule has 47 heavy (non-hydrogen) atoms. The number of nitro groups is 1. The first kappa shape index (κ1) is 35.3. The average Bonchev–Trinajstić information content (AvgIpc) is 3.61. The molecule has 2 aliphatic heterocycles. The van der Waals surface area contributed by atoms with Crippen LogP contribution >= 0.6 is 11.8 Å². The molecule has 2 saturated heterocycles. The van der Waals surface area contributed by atoms with E-state index in [9.17, 15) is 38.5 Å². The molecule has 2 aliphatic rings. The molecule has 15 heteroatoms. The van der Waals surface area contributed by atoms with Crippen LogP contribution in [0.5, 0.6) is 0 Å². The first-order valence-electron chi connectivity index (χ1n) is 15.6. The summed E-state index contributed by atoms with van der Waals surface area (Å²) in [5.74, 6) is -1.68. The van der Waals surface area contributed by atoms with E-state index in [4.69, 9.17) is 0 Å². The van der Waals surface area contributed by atoms with E-state index in [1.54, 1.807) is 30.3 Å². The Morgan fingerprint density at radius 2 is 1.85 bits per heavy atom. The Labute approximate surface area is 275 Å². The van der Waals surface area contributed by atoms with Crippen molar-refractivity contribution >= 4 is 47.5 Å². The third-order valence-corrected chi connectivity index (χ3v) is 9.65. The summed E-state index contributed by atoms with van der Waals surface area (Å²) in [4.78, 5) is 71.9. The minimum absolute atomic E-state index is 0.0518. The average molecular weight is 671 g/mol. The molecule has 0 unspecified atom stereocenters. The summed E-state index contributed by atoms with van der Waals surface area (Å²) in [5, 5.41) is 25.5. The molecule has 0 aliphatic carbocycles. The second kappa shape index (κ2) is 17.4. The molecule has 13 nitrogen and oxygen atoms in total. The molecule has 5 N–H and O–H groups in total. The first-order chi connectivity index (χ1) is 22.6. The van der Waals surface area contributed by atoms with Crippen LogP contribution in [0, 0.1) is 15.9 Å². The van der Waals surface area contributed by atoms with Gasteiger partial charge in [0.2, 0.25) is 17.6 Å². The lowest BCUT2D eigenvalue weighted by Crippen LogP contribution is -2.51. The molecule has 2 fully saturated rings. The third-order valence-electron chi connectivity index (χ3n) is 8.15. The highest BCUT2D eigenvalue weighted by atomic mass is 32.2. The number of unbranched alkanes of at least 4 members (excludes halogenated alkanes) is 2. The normalized spacial score (nSPS) is 19.4. The summed E-state index contributed by atoms with van der Waals surface area (Å²) >= 11 is 1.85. The lowest BCUT2D eigenvalue weighted by atomic mass is 10.0. The number of thioether (sulfide) groups is 1. The number of nitrogens with zero attached hydrogens (tertiary/aromatic N) is 1. The predicted molar refractivity (Wildman–Crippen MR) is 173 cm³/mol. The summed E-state index contributed by atoms with van der Waals surface area (Å²) in [6, 6.07) is 9.81. The first-order valence-corrected chi connectivity index (χ1v) is 16.7. The summed E-state index contributed by atoms with van der Waals surface area (Å²) in [7, 11) is 0. The number of halogens is 1. The van der Waals surface area contributed by atoms with E-state index in [0.717, 1.165) is 48.8 Å². The zero-order valence-electron chi connectivity index (χ0n) is 25.7. The number of amides is 5.